The van der Waals surface area contributed by atoms with Crippen LogP contribution in [0.3, 0.4) is 0 Å². The van der Waals surface area contributed by atoms with E-state index in [9.17, 15) is 0 Å². The van der Waals surface area contributed by atoms with Crippen molar-refractivity contribution in [3.05, 3.63) is 95.8 Å². The summed E-state index contributed by atoms with van der Waals surface area (Å²) in [7, 11) is 0. The van der Waals surface area contributed by atoms with E-state index < -0.39 is 0 Å². The zero-order valence-electron chi connectivity index (χ0n) is 20.3. The van der Waals surface area contributed by atoms with Crippen LogP contribution in [0.5, 0.6) is 0 Å². The van der Waals surface area contributed by atoms with Crippen molar-refractivity contribution in [3.63, 3.8) is 0 Å². The van der Waals surface area contributed by atoms with Crippen LogP contribution in [0.2, 0.25) is 0 Å². The largest absolute Gasteiger partial charge is 0.399 e. The topological polar surface area (TPSA) is 104 Å². The number of aliphatic hydroxyl groups is 1. The van der Waals surface area contributed by atoms with E-state index in [-0.39, 0.29) is 6.61 Å². The van der Waals surface area contributed by atoms with Gasteiger partial charge in [0.25, 0.3) is 0 Å². The highest BCUT2D eigenvalue weighted by molar-refractivity contribution is 7.19. The molecule has 6 N–H and O–H groups in total. The number of aromatic nitrogens is 1. The summed E-state index contributed by atoms with van der Waals surface area (Å²) < 4.78 is 0. The number of hydrazine groups is 2. The molecular formula is C28H30N6OS. The second-order valence-electron chi connectivity index (χ2n) is 9.04. The molecule has 0 aliphatic carbocycles. The van der Waals surface area contributed by atoms with Gasteiger partial charge in [-0.15, -0.1) is 0 Å². The van der Waals surface area contributed by atoms with Crippen molar-refractivity contribution in [2.45, 2.75) is 26.3 Å². The Morgan fingerprint density at radius 3 is 2.53 bits per heavy atom. The number of hydrogen-bond acceptors (Lipinski definition) is 8. The fraction of sp³-hybridized carbons (Fsp3) is 0.179. The van der Waals surface area contributed by atoms with Crippen LogP contribution in [0.25, 0.3) is 21.7 Å². The van der Waals surface area contributed by atoms with E-state index >= 15 is 0 Å². The number of aliphatic hydroxyl groups excluding tert-OH is 1. The quantitative estimate of drug-likeness (QED) is 0.209. The number of anilines is 3. The lowest BCUT2D eigenvalue weighted by Crippen LogP contribution is -2.34. The van der Waals surface area contributed by atoms with Crippen molar-refractivity contribution in [3.8, 4) is 21.7 Å². The summed E-state index contributed by atoms with van der Waals surface area (Å²) in [5.74, 6) is 6.08. The van der Waals surface area contributed by atoms with Gasteiger partial charge in [0.2, 0.25) is 5.13 Å². The van der Waals surface area contributed by atoms with Crippen molar-refractivity contribution in [1.82, 2.24) is 4.98 Å². The maximum Gasteiger partial charge on any atom is 0.202 e. The smallest absolute Gasteiger partial charge is 0.202 e. The maximum atomic E-state index is 9.16. The summed E-state index contributed by atoms with van der Waals surface area (Å²) >= 11 is 1.63. The minimum atomic E-state index is -0.248. The lowest BCUT2D eigenvalue weighted by molar-refractivity contribution is 0.329. The van der Waals surface area contributed by atoms with Gasteiger partial charge < -0.3 is 10.8 Å². The first kappa shape index (κ1) is 23.9. The van der Waals surface area contributed by atoms with E-state index in [0.29, 0.717) is 11.7 Å². The van der Waals surface area contributed by atoms with Crippen LogP contribution >= 0.6 is 11.3 Å². The zero-order valence-corrected chi connectivity index (χ0v) is 21.2. The van der Waals surface area contributed by atoms with Gasteiger partial charge in [0.05, 0.1) is 40.3 Å². The van der Waals surface area contributed by atoms with Gasteiger partial charge in [-0.3, -0.25) is 15.4 Å². The van der Waals surface area contributed by atoms with Gasteiger partial charge in [-0.25, -0.2) is 10.8 Å². The first-order chi connectivity index (χ1) is 17.4. The monoisotopic (exact) mass is 498 g/mol. The van der Waals surface area contributed by atoms with Crippen molar-refractivity contribution >= 4 is 27.8 Å². The molecule has 4 aromatic rings. The Balaban J connectivity index is 1.50. The summed E-state index contributed by atoms with van der Waals surface area (Å²) in [6, 6.07) is 25.2. The molecule has 0 spiro atoms. The fourth-order valence-corrected chi connectivity index (χ4v) is 5.38. The minimum Gasteiger partial charge on any atom is -0.399 e. The molecule has 0 radical (unpaired) electrons. The molecule has 0 amide bonds. The molecule has 1 aliphatic heterocycles. The third-order valence-electron chi connectivity index (χ3n) is 6.29. The predicted octanol–water partition coefficient (Wildman–Crippen LogP) is 5.04. The molecule has 1 atom stereocenters. The maximum absolute atomic E-state index is 9.16. The molecule has 8 heteroatoms. The molecule has 7 nitrogen and oxygen atoms in total. The van der Waals surface area contributed by atoms with Crippen LogP contribution in [0.4, 0.5) is 16.5 Å². The van der Waals surface area contributed by atoms with Gasteiger partial charge >= 0.3 is 0 Å². The summed E-state index contributed by atoms with van der Waals surface area (Å²) in [5, 5.41) is 13.6. The highest BCUT2D eigenvalue weighted by Crippen LogP contribution is 2.41. The number of hydrogen-bond donors (Lipinski definition) is 4. The van der Waals surface area contributed by atoms with Crippen molar-refractivity contribution in [1.29, 1.82) is 0 Å². The molecule has 5 rings (SSSR count). The van der Waals surface area contributed by atoms with E-state index in [1.807, 2.05) is 24.3 Å². The Morgan fingerprint density at radius 1 is 1.11 bits per heavy atom. The van der Waals surface area contributed by atoms with Gasteiger partial charge in [0, 0.05) is 11.8 Å². The van der Waals surface area contributed by atoms with Crippen molar-refractivity contribution in [2.75, 3.05) is 22.1 Å². The number of fused-ring (bicyclic) bond motifs is 1. The number of thiazole rings is 1. The fourth-order valence-electron chi connectivity index (χ4n) is 4.39. The van der Waals surface area contributed by atoms with Gasteiger partial charge in [-0.2, -0.15) is 0 Å². The standard InChI is InChI=1S/C28H30N6OS/c1-18-7-9-20(10-8-18)26-27(21-11-13-24(14-12-21)33(30)16-23(29)17-35)36-28(31-26)32-34-19(2)15-22-5-3-4-6-25(22)34/h3-14,16,19,35H,15,17,29-30H2,1-2H3,(H,31,32)/b23-16-. The van der Waals surface area contributed by atoms with Gasteiger partial charge in [0.15, 0.2) is 0 Å². The Labute approximate surface area is 215 Å². The van der Waals surface area contributed by atoms with Crippen LogP contribution in [-0.4, -0.2) is 22.7 Å². The van der Waals surface area contributed by atoms with Crippen molar-refractivity contribution in [2.24, 2.45) is 11.6 Å². The summed E-state index contributed by atoms with van der Waals surface area (Å²) in [6.45, 7) is 4.06. The highest BCUT2D eigenvalue weighted by atomic mass is 32.1. The summed E-state index contributed by atoms with van der Waals surface area (Å²) in [4.78, 5) is 6.11. The van der Waals surface area contributed by atoms with E-state index in [2.05, 4.69) is 72.8 Å². The van der Waals surface area contributed by atoms with E-state index in [1.54, 1.807) is 11.3 Å². The molecule has 0 fully saturated rings. The normalized spacial score (nSPS) is 15.2. The lowest BCUT2D eigenvalue weighted by atomic mass is 10.1. The lowest BCUT2D eigenvalue weighted by Gasteiger charge is -2.24. The third kappa shape index (κ3) is 4.79. The van der Waals surface area contributed by atoms with Crippen LogP contribution < -0.4 is 27.0 Å². The molecular weight excluding hydrogens is 468 g/mol. The number of nitrogens with two attached hydrogens (primary N) is 2. The minimum absolute atomic E-state index is 0.248. The van der Waals surface area contributed by atoms with Crippen LogP contribution in [-0.2, 0) is 6.42 Å². The Morgan fingerprint density at radius 2 is 1.81 bits per heavy atom. The number of aryl methyl sites for hydroxylation is 1. The predicted molar refractivity (Wildman–Crippen MR) is 149 cm³/mol. The molecule has 184 valence electrons. The number of rotatable bonds is 7. The van der Waals surface area contributed by atoms with E-state index in [4.69, 9.17) is 21.7 Å². The first-order valence-corrected chi connectivity index (χ1v) is 12.7. The molecule has 36 heavy (non-hydrogen) atoms. The SMILES string of the molecule is Cc1ccc(-c2nc(NN3c4ccccc4CC3C)sc2-c2ccc(N(N)/C=C(\N)CO)cc2)cc1. The average Bonchev–Trinajstić information content (AvgIpc) is 3.45. The molecule has 3 aromatic carbocycles. The van der Waals surface area contributed by atoms with Gasteiger partial charge in [-0.1, -0.05) is 71.5 Å². The number of para-hydroxylation sites is 1. The molecule has 1 aromatic heterocycles. The molecule has 1 aliphatic rings. The first-order valence-electron chi connectivity index (χ1n) is 11.9. The Bertz CT molecular complexity index is 1380. The Hall–Kier alpha value is -3.85. The third-order valence-corrected chi connectivity index (χ3v) is 7.30. The number of nitrogens with zero attached hydrogens (tertiary/aromatic N) is 3. The van der Waals surface area contributed by atoms with Gasteiger partial charge in [0.1, 0.15) is 0 Å². The average molecular weight is 499 g/mol. The van der Waals surface area contributed by atoms with E-state index in [1.165, 1.54) is 28.0 Å². The van der Waals surface area contributed by atoms with Gasteiger partial charge in [-0.05, 0) is 49.6 Å². The van der Waals surface area contributed by atoms with Crippen LogP contribution in [0.15, 0.2) is 84.7 Å². The van der Waals surface area contributed by atoms with E-state index in [0.717, 1.165) is 38.9 Å². The molecule has 0 saturated carbocycles. The second kappa shape index (κ2) is 10.0. The summed E-state index contributed by atoms with van der Waals surface area (Å²) in [5.41, 5.74) is 17.1. The Kier molecular flexibility index (Phi) is 6.65. The summed E-state index contributed by atoms with van der Waals surface area (Å²) in [6.07, 6.45) is 2.51. The molecule has 2 heterocycles. The second-order valence-corrected chi connectivity index (χ2v) is 10.0. The van der Waals surface area contributed by atoms with Crippen LogP contribution in [0, 0.1) is 6.92 Å². The highest BCUT2D eigenvalue weighted by Gasteiger charge is 2.27. The number of benzene rings is 3. The number of nitrogens with one attached hydrogen (secondary N) is 1. The van der Waals surface area contributed by atoms with Crippen molar-refractivity contribution < 1.29 is 5.11 Å². The molecule has 1 unspecified atom stereocenters. The van der Waals surface area contributed by atoms with Crippen LogP contribution in [0.1, 0.15) is 18.1 Å². The zero-order chi connectivity index (χ0) is 25.2. The molecule has 0 bridgehead atoms. The molecule has 0 saturated heterocycles.